The number of hydrogen-bond acceptors (Lipinski definition) is 6. The number of nitrogens with zero attached hydrogens (tertiary/aromatic N) is 2. The third-order valence-corrected chi connectivity index (χ3v) is 2.13. The average molecular weight is 225 g/mol. The summed E-state index contributed by atoms with van der Waals surface area (Å²) in [6, 6.07) is 1.65. The van der Waals surface area contributed by atoms with E-state index in [0.717, 1.165) is 0 Å². The lowest BCUT2D eigenvalue weighted by atomic mass is 10.4. The van der Waals surface area contributed by atoms with Crippen molar-refractivity contribution in [3.05, 3.63) is 12.3 Å². The molecule has 1 atom stereocenters. The molecule has 1 aromatic heterocycles. The molecule has 0 amide bonds. The Morgan fingerprint density at radius 2 is 2.44 bits per heavy atom. The van der Waals surface area contributed by atoms with Gasteiger partial charge in [-0.1, -0.05) is 0 Å². The fraction of sp³-hybridized carbons (Fsp3) is 0.600. The maximum Gasteiger partial charge on any atom is 0.223 e. The molecule has 2 heterocycles. The van der Waals surface area contributed by atoms with Gasteiger partial charge in [-0.15, -0.1) is 0 Å². The molecule has 6 heteroatoms. The number of aromatic nitrogens is 2. The van der Waals surface area contributed by atoms with Crippen LogP contribution in [0.5, 0.6) is 5.88 Å². The summed E-state index contributed by atoms with van der Waals surface area (Å²) in [4.78, 5) is 7.69. The van der Waals surface area contributed by atoms with Crippen LogP contribution >= 0.6 is 0 Å². The first-order valence-corrected chi connectivity index (χ1v) is 5.08. The second kappa shape index (κ2) is 4.23. The van der Waals surface area contributed by atoms with Crippen LogP contribution in [0.25, 0.3) is 0 Å². The number of hydrogen-bond donors (Lipinski definition) is 1. The second-order valence-corrected chi connectivity index (χ2v) is 4.01. The summed E-state index contributed by atoms with van der Waals surface area (Å²) in [6.45, 7) is 4.65. The first kappa shape index (κ1) is 11.1. The summed E-state index contributed by atoms with van der Waals surface area (Å²) in [7, 11) is 0. The van der Waals surface area contributed by atoms with Crippen LogP contribution in [0.3, 0.4) is 0 Å². The van der Waals surface area contributed by atoms with E-state index in [0.29, 0.717) is 19.1 Å². The summed E-state index contributed by atoms with van der Waals surface area (Å²) in [6.07, 6.45) is 1.47. The van der Waals surface area contributed by atoms with E-state index in [1.54, 1.807) is 12.3 Å². The zero-order valence-corrected chi connectivity index (χ0v) is 9.34. The highest BCUT2D eigenvalue weighted by atomic mass is 16.7. The topological polar surface area (TPSA) is 79.5 Å². The van der Waals surface area contributed by atoms with Gasteiger partial charge in [0.2, 0.25) is 11.8 Å². The van der Waals surface area contributed by atoms with Gasteiger partial charge >= 0.3 is 0 Å². The maximum atomic E-state index is 5.58. The lowest BCUT2D eigenvalue weighted by molar-refractivity contribution is -0.141. The summed E-state index contributed by atoms with van der Waals surface area (Å²) in [5.74, 6) is 0.112. The van der Waals surface area contributed by atoms with Crippen molar-refractivity contribution >= 4 is 5.95 Å². The minimum absolute atomic E-state index is 0.0776. The minimum atomic E-state index is -0.529. The van der Waals surface area contributed by atoms with Crippen molar-refractivity contribution in [3.8, 4) is 5.88 Å². The Balaban J connectivity index is 1.84. The summed E-state index contributed by atoms with van der Waals surface area (Å²) in [5.41, 5.74) is 5.43. The van der Waals surface area contributed by atoms with Crippen molar-refractivity contribution in [2.75, 3.05) is 18.9 Å². The molecule has 6 nitrogen and oxygen atoms in total. The summed E-state index contributed by atoms with van der Waals surface area (Å²) < 4.78 is 16.4. The molecule has 0 bridgehead atoms. The highest BCUT2D eigenvalue weighted by molar-refractivity contribution is 5.20. The van der Waals surface area contributed by atoms with E-state index in [1.807, 2.05) is 13.8 Å². The molecule has 0 aromatic carbocycles. The molecule has 0 spiro atoms. The van der Waals surface area contributed by atoms with Crippen LogP contribution in [0.4, 0.5) is 5.95 Å². The molecule has 1 fully saturated rings. The molecule has 16 heavy (non-hydrogen) atoms. The largest absolute Gasteiger partial charge is 0.475 e. The van der Waals surface area contributed by atoms with E-state index in [9.17, 15) is 0 Å². The van der Waals surface area contributed by atoms with Crippen molar-refractivity contribution in [1.29, 1.82) is 0 Å². The van der Waals surface area contributed by atoms with E-state index in [4.69, 9.17) is 19.9 Å². The van der Waals surface area contributed by atoms with Crippen LogP contribution in [0.2, 0.25) is 0 Å². The van der Waals surface area contributed by atoms with Crippen molar-refractivity contribution in [2.45, 2.75) is 25.7 Å². The zero-order chi connectivity index (χ0) is 11.6. The van der Waals surface area contributed by atoms with Crippen LogP contribution in [0, 0.1) is 0 Å². The number of nitrogens with two attached hydrogens (primary N) is 1. The Morgan fingerprint density at radius 1 is 1.62 bits per heavy atom. The predicted molar refractivity (Wildman–Crippen MR) is 56.8 cm³/mol. The minimum Gasteiger partial charge on any atom is -0.475 e. The van der Waals surface area contributed by atoms with Crippen LogP contribution in [-0.2, 0) is 9.47 Å². The molecule has 0 aliphatic carbocycles. The lowest BCUT2D eigenvalue weighted by Gasteiger charge is -2.17. The number of nitrogen functional groups attached to an aromatic ring is 1. The van der Waals surface area contributed by atoms with E-state index in [1.165, 1.54) is 0 Å². The summed E-state index contributed by atoms with van der Waals surface area (Å²) >= 11 is 0. The zero-order valence-electron chi connectivity index (χ0n) is 9.34. The van der Waals surface area contributed by atoms with Crippen molar-refractivity contribution in [1.82, 2.24) is 9.97 Å². The molecule has 88 valence electrons. The predicted octanol–water partition coefficient (Wildman–Crippen LogP) is 0.589. The van der Waals surface area contributed by atoms with Crippen LogP contribution in [-0.4, -0.2) is 35.1 Å². The fourth-order valence-corrected chi connectivity index (χ4v) is 1.46. The van der Waals surface area contributed by atoms with Gasteiger partial charge in [0.15, 0.2) is 5.79 Å². The second-order valence-electron chi connectivity index (χ2n) is 4.01. The van der Waals surface area contributed by atoms with Gasteiger partial charge in [0, 0.05) is 12.3 Å². The lowest BCUT2D eigenvalue weighted by Crippen LogP contribution is -2.25. The van der Waals surface area contributed by atoms with Crippen molar-refractivity contribution < 1.29 is 14.2 Å². The molecule has 0 radical (unpaired) electrons. The van der Waals surface area contributed by atoms with Crippen molar-refractivity contribution in [3.63, 3.8) is 0 Å². The van der Waals surface area contributed by atoms with Gasteiger partial charge < -0.3 is 19.9 Å². The Bertz CT molecular complexity index is 370. The Hall–Kier alpha value is -1.40. The molecule has 1 aliphatic heterocycles. The third kappa shape index (κ3) is 2.80. The van der Waals surface area contributed by atoms with Crippen LogP contribution in [0.1, 0.15) is 13.8 Å². The van der Waals surface area contributed by atoms with Gasteiger partial charge in [-0.2, -0.15) is 4.98 Å². The third-order valence-electron chi connectivity index (χ3n) is 2.13. The normalized spacial score (nSPS) is 23.2. The van der Waals surface area contributed by atoms with E-state index >= 15 is 0 Å². The average Bonchev–Trinajstić information content (AvgIpc) is 2.56. The molecular formula is C10H15N3O3. The molecule has 2 rings (SSSR count). The molecule has 1 aliphatic rings. The first-order chi connectivity index (χ1) is 7.55. The molecule has 1 aromatic rings. The van der Waals surface area contributed by atoms with Crippen LogP contribution < -0.4 is 10.5 Å². The maximum absolute atomic E-state index is 5.58. The summed E-state index contributed by atoms with van der Waals surface area (Å²) in [5, 5.41) is 0. The molecule has 0 unspecified atom stereocenters. The SMILES string of the molecule is CC1(C)OC[C@@H](COc2ccnc(N)n2)O1. The molecule has 0 saturated carbocycles. The number of anilines is 1. The van der Waals surface area contributed by atoms with Gasteiger partial charge in [-0.05, 0) is 13.8 Å². The Morgan fingerprint density at radius 3 is 3.06 bits per heavy atom. The van der Waals surface area contributed by atoms with Crippen LogP contribution in [0.15, 0.2) is 12.3 Å². The van der Waals surface area contributed by atoms with Gasteiger partial charge in [0.05, 0.1) is 6.61 Å². The first-order valence-electron chi connectivity index (χ1n) is 5.08. The molecule has 1 saturated heterocycles. The van der Waals surface area contributed by atoms with E-state index in [-0.39, 0.29) is 12.1 Å². The van der Waals surface area contributed by atoms with Gasteiger partial charge in [-0.25, -0.2) is 4.98 Å². The van der Waals surface area contributed by atoms with Gasteiger partial charge in [0.1, 0.15) is 12.7 Å². The quantitative estimate of drug-likeness (QED) is 0.811. The van der Waals surface area contributed by atoms with Gasteiger partial charge in [0.25, 0.3) is 0 Å². The number of ether oxygens (including phenoxy) is 3. The molecule has 2 N–H and O–H groups in total. The standard InChI is InChI=1S/C10H15N3O3/c1-10(2)15-6-7(16-10)5-14-8-3-4-12-9(11)13-8/h3-4,7H,5-6H2,1-2H3,(H2,11,12,13)/t7-/m1/s1. The van der Waals surface area contributed by atoms with E-state index < -0.39 is 5.79 Å². The Labute approximate surface area is 93.7 Å². The van der Waals surface area contributed by atoms with Gasteiger partial charge in [-0.3, -0.25) is 0 Å². The highest BCUT2D eigenvalue weighted by Gasteiger charge is 2.32. The fourth-order valence-electron chi connectivity index (χ4n) is 1.46. The highest BCUT2D eigenvalue weighted by Crippen LogP contribution is 2.22. The van der Waals surface area contributed by atoms with Crippen molar-refractivity contribution in [2.24, 2.45) is 0 Å². The Kier molecular flexibility index (Phi) is 2.93. The molecular weight excluding hydrogens is 210 g/mol. The monoisotopic (exact) mass is 225 g/mol. The number of rotatable bonds is 3. The smallest absolute Gasteiger partial charge is 0.223 e. The van der Waals surface area contributed by atoms with E-state index in [2.05, 4.69) is 9.97 Å².